The van der Waals surface area contributed by atoms with Crippen LogP contribution in [0, 0.1) is 15.5 Å². The van der Waals surface area contributed by atoms with E-state index >= 15 is 0 Å². The van der Waals surface area contributed by atoms with E-state index in [2.05, 4.69) is 9.84 Å². The molecular weight excluding hydrogens is 368 g/mol. The number of rotatable bonds is 3. The summed E-state index contributed by atoms with van der Waals surface area (Å²) in [5.74, 6) is -0.815. The lowest BCUT2D eigenvalue weighted by Crippen LogP contribution is -2.50. The van der Waals surface area contributed by atoms with Crippen LogP contribution in [0.1, 0.15) is 63.0 Å². The first kappa shape index (κ1) is 20.1. The number of nitrogens with zero attached hydrogens (tertiary/aromatic N) is 4. The third-order valence-electron chi connectivity index (χ3n) is 5.48. The molecule has 1 aromatic heterocycles. The summed E-state index contributed by atoms with van der Waals surface area (Å²) in [6.45, 7) is 6.80. The molecule has 0 atom stereocenters. The largest absolute Gasteiger partial charge is 0.464 e. The Morgan fingerprint density at radius 1 is 1.29 bits per heavy atom. The van der Waals surface area contributed by atoms with Gasteiger partial charge in [-0.2, -0.15) is 5.10 Å². The van der Waals surface area contributed by atoms with Gasteiger partial charge in [0.05, 0.1) is 18.1 Å². The maximum absolute atomic E-state index is 12.2. The Morgan fingerprint density at radius 3 is 2.39 bits per heavy atom. The van der Waals surface area contributed by atoms with Crippen LogP contribution in [0.4, 0.5) is 10.5 Å². The van der Waals surface area contributed by atoms with Gasteiger partial charge in [-0.05, 0) is 51.9 Å². The van der Waals surface area contributed by atoms with Crippen molar-refractivity contribution in [3.8, 4) is 0 Å². The average Bonchev–Trinajstić information content (AvgIpc) is 3.03. The van der Waals surface area contributed by atoms with Crippen molar-refractivity contribution < 1.29 is 24.0 Å². The summed E-state index contributed by atoms with van der Waals surface area (Å²) in [5.41, 5.74) is -1.02. The summed E-state index contributed by atoms with van der Waals surface area (Å²) < 4.78 is 11.5. The standard InChI is InChI=1S/C18H26N4O6/c1-17(2,3)28-16(24)20-7-5-18(6-8-20)9-12(10-18)21-11-13(22(25)26)14(19-21)15(23)27-4/h11-12H,5-10H2,1-4H3. The lowest BCUT2D eigenvalue weighted by molar-refractivity contribution is -0.385. The van der Waals surface area contributed by atoms with Crippen molar-refractivity contribution in [3.63, 3.8) is 0 Å². The van der Waals surface area contributed by atoms with Crippen LogP contribution in [0.5, 0.6) is 0 Å². The molecule has 1 amide bonds. The molecule has 3 rings (SSSR count). The Morgan fingerprint density at radius 2 is 1.89 bits per heavy atom. The summed E-state index contributed by atoms with van der Waals surface area (Å²) >= 11 is 0. The maximum Gasteiger partial charge on any atom is 0.410 e. The number of methoxy groups -OCH3 is 1. The molecule has 0 bridgehead atoms. The smallest absolute Gasteiger partial charge is 0.410 e. The second kappa shape index (κ2) is 7.06. The van der Waals surface area contributed by atoms with E-state index in [9.17, 15) is 19.7 Å². The Hall–Kier alpha value is -2.65. The van der Waals surface area contributed by atoms with E-state index in [0.717, 1.165) is 25.7 Å². The predicted molar refractivity (Wildman–Crippen MR) is 98.0 cm³/mol. The lowest BCUT2D eigenvalue weighted by atomic mass is 9.60. The number of hydrogen-bond acceptors (Lipinski definition) is 7. The van der Waals surface area contributed by atoms with Crippen LogP contribution in [-0.4, -0.2) is 57.5 Å². The molecule has 1 spiro atoms. The van der Waals surface area contributed by atoms with E-state index < -0.39 is 16.5 Å². The first-order valence-corrected chi connectivity index (χ1v) is 9.33. The molecule has 2 heterocycles. The van der Waals surface area contributed by atoms with Crippen LogP contribution in [0.3, 0.4) is 0 Å². The summed E-state index contributed by atoms with van der Waals surface area (Å²) in [6, 6.07) is 0.00480. The topological polar surface area (TPSA) is 117 Å². The number of ether oxygens (including phenoxy) is 2. The van der Waals surface area contributed by atoms with Crippen LogP contribution in [0.15, 0.2) is 6.20 Å². The number of piperidine rings is 1. The van der Waals surface area contributed by atoms with Crippen LogP contribution in [0.25, 0.3) is 0 Å². The second-order valence-electron chi connectivity index (χ2n) is 8.62. The normalized spacial score (nSPS) is 19.2. The van der Waals surface area contributed by atoms with Crippen LogP contribution in [-0.2, 0) is 9.47 Å². The zero-order valence-corrected chi connectivity index (χ0v) is 16.6. The molecule has 1 aromatic rings. The van der Waals surface area contributed by atoms with Crippen molar-refractivity contribution in [2.75, 3.05) is 20.2 Å². The number of nitro groups is 1. The van der Waals surface area contributed by atoms with Gasteiger partial charge >= 0.3 is 17.7 Å². The summed E-state index contributed by atoms with van der Waals surface area (Å²) in [7, 11) is 1.17. The first-order valence-electron chi connectivity index (χ1n) is 9.33. The molecule has 1 saturated heterocycles. The number of hydrogen-bond donors (Lipinski definition) is 0. The minimum atomic E-state index is -0.815. The number of carbonyl (C=O) groups is 2. The number of esters is 1. The predicted octanol–water partition coefficient (Wildman–Crippen LogP) is 2.93. The third-order valence-corrected chi connectivity index (χ3v) is 5.48. The fourth-order valence-corrected chi connectivity index (χ4v) is 3.97. The minimum absolute atomic E-state index is 0.00480. The summed E-state index contributed by atoms with van der Waals surface area (Å²) in [6.07, 6.45) is 4.36. The zero-order chi connectivity index (χ0) is 20.7. The second-order valence-corrected chi connectivity index (χ2v) is 8.62. The fraction of sp³-hybridized carbons (Fsp3) is 0.722. The zero-order valence-electron chi connectivity index (χ0n) is 16.6. The highest BCUT2D eigenvalue weighted by atomic mass is 16.6. The lowest BCUT2D eigenvalue weighted by Gasteiger charge is -2.51. The third kappa shape index (κ3) is 3.95. The van der Waals surface area contributed by atoms with Gasteiger partial charge in [0, 0.05) is 13.1 Å². The van der Waals surface area contributed by atoms with Gasteiger partial charge < -0.3 is 14.4 Å². The first-order chi connectivity index (χ1) is 13.0. The Bertz CT molecular complexity index is 780. The Labute approximate surface area is 162 Å². The summed E-state index contributed by atoms with van der Waals surface area (Å²) in [4.78, 5) is 36.2. The Balaban J connectivity index is 1.60. The average molecular weight is 394 g/mol. The van der Waals surface area contributed by atoms with Gasteiger partial charge in [0.2, 0.25) is 5.69 Å². The van der Waals surface area contributed by atoms with Gasteiger partial charge in [0.25, 0.3) is 0 Å². The molecule has 0 radical (unpaired) electrons. The van der Waals surface area contributed by atoms with Crippen molar-refractivity contribution in [3.05, 3.63) is 22.0 Å². The van der Waals surface area contributed by atoms with Crippen molar-refractivity contribution in [1.29, 1.82) is 0 Å². The van der Waals surface area contributed by atoms with E-state index in [1.165, 1.54) is 18.0 Å². The van der Waals surface area contributed by atoms with Crippen LogP contribution in [0.2, 0.25) is 0 Å². The minimum Gasteiger partial charge on any atom is -0.464 e. The molecule has 10 nitrogen and oxygen atoms in total. The fourth-order valence-electron chi connectivity index (χ4n) is 3.97. The quantitative estimate of drug-likeness (QED) is 0.439. The highest BCUT2D eigenvalue weighted by molar-refractivity contribution is 5.91. The SMILES string of the molecule is COC(=O)c1nn(C2CC3(CCN(C(=O)OC(C)(C)C)CC3)C2)cc1[N+](=O)[O-]. The summed E-state index contributed by atoms with van der Waals surface area (Å²) in [5, 5.41) is 15.3. The van der Waals surface area contributed by atoms with Gasteiger partial charge in [-0.15, -0.1) is 0 Å². The number of likely N-dealkylation sites (tertiary alicyclic amines) is 1. The molecule has 2 aliphatic rings. The van der Waals surface area contributed by atoms with E-state index in [-0.39, 0.29) is 28.9 Å². The monoisotopic (exact) mass is 394 g/mol. The Kier molecular flexibility index (Phi) is 5.07. The number of carbonyl (C=O) groups excluding carboxylic acids is 2. The van der Waals surface area contributed by atoms with Crippen LogP contribution < -0.4 is 0 Å². The maximum atomic E-state index is 12.2. The van der Waals surface area contributed by atoms with E-state index in [1.54, 1.807) is 4.90 Å². The number of amides is 1. The van der Waals surface area contributed by atoms with Gasteiger partial charge in [-0.3, -0.25) is 14.8 Å². The molecule has 28 heavy (non-hydrogen) atoms. The molecule has 0 unspecified atom stereocenters. The molecule has 1 aliphatic carbocycles. The molecular formula is C18H26N4O6. The molecule has 1 saturated carbocycles. The molecule has 2 fully saturated rings. The highest BCUT2D eigenvalue weighted by Gasteiger charge is 2.48. The van der Waals surface area contributed by atoms with Crippen molar-refractivity contribution >= 4 is 17.7 Å². The van der Waals surface area contributed by atoms with Crippen molar-refractivity contribution in [2.24, 2.45) is 5.41 Å². The van der Waals surface area contributed by atoms with Crippen molar-refractivity contribution in [1.82, 2.24) is 14.7 Å². The molecule has 154 valence electrons. The highest BCUT2D eigenvalue weighted by Crippen LogP contribution is 2.54. The molecule has 0 aromatic carbocycles. The number of aromatic nitrogens is 2. The van der Waals surface area contributed by atoms with E-state index in [4.69, 9.17) is 4.74 Å². The molecule has 1 aliphatic heterocycles. The molecule has 0 N–H and O–H groups in total. The van der Waals surface area contributed by atoms with Crippen LogP contribution >= 0.6 is 0 Å². The van der Waals surface area contributed by atoms with E-state index in [0.29, 0.717) is 13.1 Å². The van der Waals surface area contributed by atoms with Gasteiger partial charge in [0.15, 0.2) is 0 Å². The van der Waals surface area contributed by atoms with Crippen molar-refractivity contribution in [2.45, 2.75) is 58.1 Å². The van der Waals surface area contributed by atoms with Gasteiger partial charge in [0.1, 0.15) is 11.8 Å². The van der Waals surface area contributed by atoms with E-state index in [1.807, 2.05) is 20.8 Å². The van der Waals surface area contributed by atoms with Gasteiger partial charge in [-0.1, -0.05) is 0 Å². The van der Waals surface area contributed by atoms with Gasteiger partial charge in [-0.25, -0.2) is 9.59 Å². The molecule has 10 heteroatoms.